The lowest BCUT2D eigenvalue weighted by Crippen LogP contribution is -2.10. The molecule has 1 atom stereocenters. The standard InChI is InChI=1S/C8H8BrClO2S/c9-8(13(10,11)12)6-7-4-2-1-3-5-7/h1-5,8H,6H2. The highest BCUT2D eigenvalue weighted by Gasteiger charge is 2.19. The van der Waals surface area contributed by atoms with Crippen molar-refractivity contribution in [2.45, 2.75) is 10.6 Å². The van der Waals surface area contributed by atoms with Gasteiger partial charge in [0.25, 0.3) is 0 Å². The van der Waals surface area contributed by atoms with Crippen LogP contribution in [0.25, 0.3) is 0 Å². The van der Waals surface area contributed by atoms with Crippen molar-refractivity contribution in [3.63, 3.8) is 0 Å². The van der Waals surface area contributed by atoms with Crippen LogP contribution in [0.4, 0.5) is 0 Å². The molecule has 0 spiro atoms. The number of rotatable bonds is 3. The fourth-order valence-corrected chi connectivity index (χ4v) is 1.85. The van der Waals surface area contributed by atoms with Gasteiger partial charge in [0.05, 0.1) is 0 Å². The lowest BCUT2D eigenvalue weighted by atomic mass is 10.2. The monoisotopic (exact) mass is 282 g/mol. The summed E-state index contributed by atoms with van der Waals surface area (Å²) < 4.78 is 21.0. The first-order valence-corrected chi connectivity index (χ1v) is 6.90. The number of hydrogen-bond acceptors (Lipinski definition) is 2. The van der Waals surface area contributed by atoms with E-state index in [1.807, 2.05) is 30.3 Å². The Morgan fingerprint density at radius 2 is 1.85 bits per heavy atom. The van der Waals surface area contributed by atoms with Gasteiger partial charge in [-0.1, -0.05) is 46.3 Å². The summed E-state index contributed by atoms with van der Waals surface area (Å²) in [5.74, 6) is 0. The van der Waals surface area contributed by atoms with Crippen LogP contribution < -0.4 is 0 Å². The topological polar surface area (TPSA) is 34.1 Å². The van der Waals surface area contributed by atoms with Crippen molar-refractivity contribution in [3.05, 3.63) is 35.9 Å². The zero-order valence-electron chi connectivity index (χ0n) is 6.65. The molecule has 72 valence electrons. The van der Waals surface area contributed by atoms with Crippen LogP contribution in [-0.2, 0) is 15.5 Å². The molecule has 13 heavy (non-hydrogen) atoms. The van der Waals surface area contributed by atoms with Gasteiger partial charge in [0.1, 0.15) is 4.16 Å². The normalized spacial score (nSPS) is 14.0. The van der Waals surface area contributed by atoms with E-state index in [0.29, 0.717) is 6.42 Å². The Kier molecular flexibility index (Phi) is 3.76. The molecular weight excluding hydrogens is 276 g/mol. The van der Waals surface area contributed by atoms with Gasteiger partial charge in [0.15, 0.2) is 0 Å². The fourth-order valence-electron chi connectivity index (χ4n) is 0.899. The smallest absolute Gasteiger partial charge is 0.211 e. The Labute approximate surface area is 90.5 Å². The van der Waals surface area contributed by atoms with Crippen molar-refractivity contribution < 1.29 is 8.42 Å². The Hall–Kier alpha value is -0.0600. The molecule has 0 heterocycles. The summed E-state index contributed by atoms with van der Waals surface area (Å²) in [7, 11) is 1.65. The minimum Gasteiger partial charge on any atom is -0.211 e. The average molecular weight is 284 g/mol. The van der Waals surface area contributed by atoms with E-state index in [0.717, 1.165) is 5.56 Å². The van der Waals surface area contributed by atoms with Gasteiger partial charge >= 0.3 is 0 Å². The number of hydrogen-bond donors (Lipinski definition) is 0. The number of benzene rings is 1. The molecule has 5 heteroatoms. The summed E-state index contributed by atoms with van der Waals surface area (Å²) in [5.41, 5.74) is 0.939. The first kappa shape index (κ1) is 11.0. The van der Waals surface area contributed by atoms with E-state index in [-0.39, 0.29) is 0 Å². The summed E-state index contributed by atoms with van der Waals surface area (Å²) in [6, 6.07) is 9.31. The third kappa shape index (κ3) is 3.67. The summed E-state index contributed by atoms with van der Waals surface area (Å²) in [6.45, 7) is 0. The Balaban J connectivity index is 2.72. The lowest BCUT2D eigenvalue weighted by molar-refractivity contribution is 0.607. The van der Waals surface area contributed by atoms with E-state index in [9.17, 15) is 8.42 Å². The SMILES string of the molecule is O=S(=O)(Cl)C(Br)Cc1ccccc1. The van der Waals surface area contributed by atoms with Gasteiger partial charge < -0.3 is 0 Å². The van der Waals surface area contributed by atoms with Crippen LogP contribution in [-0.4, -0.2) is 12.6 Å². The third-order valence-electron chi connectivity index (χ3n) is 1.54. The molecule has 0 aliphatic rings. The molecule has 1 unspecified atom stereocenters. The van der Waals surface area contributed by atoms with Crippen molar-refractivity contribution in [2.24, 2.45) is 0 Å². The highest BCUT2D eigenvalue weighted by atomic mass is 79.9. The molecule has 0 radical (unpaired) electrons. The van der Waals surface area contributed by atoms with Gasteiger partial charge in [-0.2, -0.15) is 0 Å². The van der Waals surface area contributed by atoms with Crippen molar-refractivity contribution in [2.75, 3.05) is 0 Å². The Morgan fingerprint density at radius 1 is 1.31 bits per heavy atom. The van der Waals surface area contributed by atoms with Crippen molar-refractivity contribution in [3.8, 4) is 0 Å². The highest BCUT2D eigenvalue weighted by molar-refractivity contribution is 9.11. The lowest BCUT2D eigenvalue weighted by Gasteiger charge is -2.04. The fraction of sp³-hybridized carbons (Fsp3) is 0.250. The predicted octanol–water partition coefficient (Wildman–Crippen LogP) is 2.52. The van der Waals surface area contributed by atoms with Crippen LogP contribution in [0.15, 0.2) is 30.3 Å². The summed E-state index contributed by atoms with van der Waals surface area (Å²) in [6.07, 6.45) is 0.382. The zero-order chi connectivity index (χ0) is 9.90. The van der Waals surface area contributed by atoms with E-state index in [1.165, 1.54) is 0 Å². The van der Waals surface area contributed by atoms with Gasteiger partial charge in [-0.25, -0.2) is 8.42 Å². The summed E-state index contributed by atoms with van der Waals surface area (Å²) >= 11 is 3.02. The Bertz CT molecular complexity index is 363. The van der Waals surface area contributed by atoms with E-state index in [1.54, 1.807) is 0 Å². The average Bonchev–Trinajstić information content (AvgIpc) is 2.04. The van der Waals surface area contributed by atoms with Crippen LogP contribution in [0.1, 0.15) is 5.56 Å². The minimum absolute atomic E-state index is 0.382. The van der Waals surface area contributed by atoms with Crippen LogP contribution in [0.3, 0.4) is 0 Å². The Morgan fingerprint density at radius 3 is 2.31 bits per heavy atom. The molecule has 0 fully saturated rings. The van der Waals surface area contributed by atoms with Crippen LogP contribution >= 0.6 is 26.6 Å². The van der Waals surface area contributed by atoms with Crippen LogP contribution in [0, 0.1) is 0 Å². The van der Waals surface area contributed by atoms with Gasteiger partial charge in [0, 0.05) is 17.1 Å². The molecule has 1 rings (SSSR count). The molecule has 0 saturated carbocycles. The second kappa shape index (κ2) is 4.44. The second-order valence-electron chi connectivity index (χ2n) is 2.58. The molecule has 1 aromatic rings. The molecule has 0 amide bonds. The summed E-state index contributed by atoms with van der Waals surface area (Å²) in [5, 5.41) is 0. The van der Waals surface area contributed by atoms with E-state index in [4.69, 9.17) is 10.7 Å². The molecule has 2 nitrogen and oxygen atoms in total. The molecule has 0 bridgehead atoms. The molecule has 0 aliphatic heterocycles. The van der Waals surface area contributed by atoms with Gasteiger partial charge in [-0.15, -0.1) is 0 Å². The summed E-state index contributed by atoms with van der Waals surface area (Å²) in [4.78, 5) is 0. The van der Waals surface area contributed by atoms with Crippen LogP contribution in [0.2, 0.25) is 0 Å². The van der Waals surface area contributed by atoms with Crippen molar-refractivity contribution in [1.82, 2.24) is 0 Å². The highest BCUT2D eigenvalue weighted by Crippen LogP contribution is 2.18. The first-order valence-electron chi connectivity index (χ1n) is 3.61. The quantitative estimate of drug-likeness (QED) is 0.631. The molecule has 1 aromatic carbocycles. The molecule has 0 aromatic heterocycles. The van der Waals surface area contributed by atoms with E-state index < -0.39 is 13.2 Å². The molecule has 0 aliphatic carbocycles. The maximum atomic E-state index is 10.9. The van der Waals surface area contributed by atoms with Gasteiger partial charge in [-0.3, -0.25) is 0 Å². The molecule has 0 saturated heterocycles. The van der Waals surface area contributed by atoms with E-state index >= 15 is 0 Å². The maximum Gasteiger partial charge on any atom is 0.245 e. The van der Waals surface area contributed by atoms with Gasteiger partial charge in [0.2, 0.25) is 9.05 Å². The third-order valence-corrected chi connectivity index (χ3v) is 5.41. The second-order valence-corrected chi connectivity index (χ2v) is 7.10. The number of halogens is 2. The van der Waals surface area contributed by atoms with E-state index in [2.05, 4.69) is 15.9 Å². The molecule has 0 N–H and O–H groups in total. The van der Waals surface area contributed by atoms with Crippen molar-refractivity contribution in [1.29, 1.82) is 0 Å². The molecular formula is C8H8BrClO2S. The zero-order valence-corrected chi connectivity index (χ0v) is 9.81. The first-order chi connectivity index (χ1) is 6.00. The van der Waals surface area contributed by atoms with Crippen molar-refractivity contribution >= 4 is 35.7 Å². The predicted molar refractivity (Wildman–Crippen MR) is 57.6 cm³/mol. The van der Waals surface area contributed by atoms with Crippen LogP contribution in [0.5, 0.6) is 0 Å². The maximum absolute atomic E-state index is 10.9. The van der Waals surface area contributed by atoms with Gasteiger partial charge in [-0.05, 0) is 5.56 Å². The minimum atomic E-state index is -3.51. The largest absolute Gasteiger partial charge is 0.245 e. The number of alkyl halides is 1.